The molecule has 0 bridgehead atoms. The van der Waals surface area contributed by atoms with Gasteiger partial charge in [0.2, 0.25) is 0 Å². The van der Waals surface area contributed by atoms with Gasteiger partial charge in [0.05, 0.1) is 6.61 Å². The fraction of sp³-hybridized carbons (Fsp3) is 1.00. The molecule has 0 aliphatic carbocycles. The quantitative estimate of drug-likeness (QED) is 0.557. The molecule has 8 nitrogen and oxygen atoms in total. The summed E-state index contributed by atoms with van der Waals surface area (Å²) in [7, 11) is 2.16. The van der Waals surface area contributed by atoms with E-state index in [1.165, 1.54) is 0 Å². The minimum Gasteiger partial charge on any atom is -0.394 e. The van der Waals surface area contributed by atoms with E-state index in [-0.39, 0.29) is 12.7 Å². The average Bonchev–Trinajstić information content (AvgIpc) is 3.08. The summed E-state index contributed by atoms with van der Waals surface area (Å²) in [5.41, 5.74) is 0. The van der Waals surface area contributed by atoms with Crippen molar-refractivity contribution in [3.05, 3.63) is 0 Å². The molecule has 26 heavy (non-hydrogen) atoms. The maximum atomic E-state index is 10.0. The highest BCUT2D eigenvalue weighted by Gasteiger charge is 2.56. The minimum atomic E-state index is -1.01. The Bertz CT molecular complexity index is 443. The summed E-state index contributed by atoms with van der Waals surface area (Å²) < 4.78 is 23.4. The molecule has 0 aromatic carbocycles. The van der Waals surface area contributed by atoms with Gasteiger partial charge >= 0.3 is 0 Å². The van der Waals surface area contributed by atoms with Crippen LogP contribution in [0.1, 0.15) is 26.7 Å². The second-order valence-corrected chi connectivity index (χ2v) is 8.01. The highest BCUT2D eigenvalue weighted by molar-refractivity contribution is 4.96. The Hall–Kier alpha value is -0.320. The Morgan fingerprint density at radius 3 is 2.58 bits per heavy atom. The fourth-order valence-corrected chi connectivity index (χ4v) is 3.84. The van der Waals surface area contributed by atoms with Crippen molar-refractivity contribution in [2.24, 2.45) is 0 Å². The largest absolute Gasteiger partial charge is 0.394 e. The van der Waals surface area contributed by atoms with E-state index in [2.05, 4.69) is 16.8 Å². The molecule has 0 aromatic heterocycles. The number of piperazine rings is 1. The van der Waals surface area contributed by atoms with E-state index in [1.807, 2.05) is 13.8 Å². The molecular formula is C18H34N2O6. The van der Waals surface area contributed by atoms with Crippen LogP contribution in [-0.4, -0.2) is 109 Å². The molecule has 3 heterocycles. The summed E-state index contributed by atoms with van der Waals surface area (Å²) in [6.45, 7) is 9.46. The highest BCUT2D eigenvalue weighted by Crippen LogP contribution is 2.39. The average molecular weight is 374 g/mol. The third kappa shape index (κ3) is 4.94. The van der Waals surface area contributed by atoms with Gasteiger partial charge in [-0.05, 0) is 40.3 Å². The van der Waals surface area contributed by atoms with E-state index in [9.17, 15) is 10.2 Å². The van der Waals surface area contributed by atoms with Crippen LogP contribution in [0.25, 0.3) is 0 Å². The Labute approximate surface area is 155 Å². The summed E-state index contributed by atoms with van der Waals surface area (Å²) in [6.07, 6.45) is -1.02. The number of hydrogen-bond acceptors (Lipinski definition) is 8. The molecule has 0 spiro atoms. The van der Waals surface area contributed by atoms with Gasteiger partial charge < -0.3 is 39.0 Å². The lowest BCUT2D eigenvalue weighted by molar-refractivity contribution is -0.231. The zero-order valence-corrected chi connectivity index (χ0v) is 16.2. The van der Waals surface area contributed by atoms with Gasteiger partial charge in [-0.1, -0.05) is 0 Å². The predicted molar refractivity (Wildman–Crippen MR) is 94.7 cm³/mol. The van der Waals surface area contributed by atoms with Crippen LogP contribution in [0, 0.1) is 0 Å². The topological polar surface area (TPSA) is 83.9 Å². The molecule has 3 saturated heterocycles. The van der Waals surface area contributed by atoms with Gasteiger partial charge in [-0.2, -0.15) is 0 Å². The lowest BCUT2D eigenvalue weighted by atomic mass is 10.1. The number of fused-ring (bicyclic) bond motifs is 1. The van der Waals surface area contributed by atoms with E-state index < -0.39 is 30.4 Å². The van der Waals surface area contributed by atoms with Gasteiger partial charge in [-0.15, -0.1) is 0 Å². The monoisotopic (exact) mass is 374 g/mol. The minimum absolute atomic E-state index is 0.378. The molecule has 3 aliphatic rings. The van der Waals surface area contributed by atoms with E-state index in [0.717, 1.165) is 45.6 Å². The first-order valence-corrected chi connectivity index (χ1v) is 9.72. The van der Waals surface area contributed by atoms with Crippen molar-refractivity contribution in [2.75, 3.05) is 53.0 Å². The number of rotatable bonds is 8. The second kappa shape index (κ2) is 8.79. The number of likely N-dealkylation sites (N-methyl/N-ethyl adjacent to an activating group) is 1. The van der Waals surface area contributed by atoms with Gasteiger partial charge in [-0.25, -0.2) is 0 Å². The van der Waals surface area contributed by atoms with Gasteiger partial charge in [0.25, 0.3) is 0 Å². The predicted octanol–water partition coefficient (Wildman–Crippen LogP) is -0.371. The highest BCUT2D eigenvalue weighted by atomic mass is 16.8. The number of ether oxygens (including phenoxy) is 4. The summed E-state index contributed by atoms with van der Waals surface area (Å²) in [5, 5.41) is 19.3. The molecule has 152 valence electrons. The van der Waals surface area contributed by atoms with Crippen LogP contribution in [-0.2, 0) is 18.9 Å². The van der Waals surface area contributed by atoms with Crippen LogP contribution in [0.15, 0.2) is 0 Å². The number of nitrogens with zero attached hydrogens (tertiary/aromatic N) is 2. The van der Waals surface area contributed by atoms with Crippen molar-refractivity contribution in [3.63, 3.8) is 0 Å². The number of aliphatic hydroxyl groups is 2. The number of hydrogen-bond donors (Lipinski definition) is 2. The molecule has 2 N–H and O–H groups in total. The smallest absolute Gasteiger partial charge is 0.190 e. The lowest BCUT2D eigenvalue weighted by Crippen LogP contribution is -2.45. The molecule has 3 rings (SSSR count). The second-order valence-electron chi connectivity index (χ2n) is 8.01. The molecule has 0 amide bonds. The molecule has 0 saturated carbocycles. The molecule has 0 unspecified atom stereocenters. The van der Waals surface area contributed by atoms with Crippen LogP contribution in [0.3, 0.4) is 0 Å². The summed E-state index contributed by atoms with van der Waals surface area (Å²) in [4.78, 5) is 4.84. The molecule has 5 atom stereocenters. The maximum absolute atomic E-state index is 10.0. The summed E-state index contributed by atoms with van der Waals surface area (Å²) in [6, 6.07) is 0. The number of unbranched alkanes of at least 4 members (excludes halogenated alkanes) is 1. The van der Waals surface area contributed by atoms with Crippen LogP contribution < -0.4 is 0 Å². The van der Waals surface area contributed by atoms with Crippen LogP contribution in [0.4, 0.5) is 0 Å². The first-order valence-electron chi connectivity index (χ1n) is 9.72. The van der Waals surface area contributed by atoms with Gasteiger partial charge in [0, 0.05) is 32.8 Å². The third-order valence-electron chi connectivity index (χ3n) is 5.37. The normalized spacial score (nSPS) is 36.3. The summed E-state index contributed by atoms with van der Waals surface area (Å²) in [5.74, 6) is -0.729. The van der Waals surface area contributed by atoms with Crippen molar-refractivity contribution in [1.29, 1.82) is 0 Å². The van der Waals surface area contributed by atoms with Crippen LogP contribution in [0.2, 0.25) is 0 Å². The van der Waals surface area contributed by atoms with Crippen molar-refractivity contribution in [2.45, 2.75) is 63.2 Å². The lowest BCUT2D eigenvalue weighted by Gasteiger charge is -2.32. The maximum Gasteiger partial charge on any atom is 0.190 e. The third-order valence-corrected chi connectivity index (χ3v) is 5.37. The van der Waals surface area contributed by atoms with Crippen molar-refractivity contribution in [3.8, 4) is 0 Å². The van der Waals surface area contributed by atoms with Crippen molar-refractivity contribution in [1.82, 2.24) is 9.80 Å². The molecule has 0 aromatic rings. The SMILES string of the molecule is CN1CCN(CCCCO[C@@H]2[C@H]3OC(C)(C)O[C@H]3O[C@@H]2[C@H](O)CO)CC1. The molecule has 8 heteroatoms. The van der Waals surface area contributed by atoms with E-state index in [1.54, 1.807) is 0 Å². The van der Waals surface area contributed by atoms with Crippen LogP contribution >= 0.6 is 0 Å². The van der Waals surface area contributed by atoms with Gasteiger partial charge in [-0.3, -0.25) is 0 Å². The molecule has 3 fully saturated rings. The Morgan fingerprint density at radius 1 is 1.15 bits per heavy atom. The zero-order valence-electron chi connectivity index (χ0n) is 16.2. The number of aliphatic hydroxyl groups excluding tert-OH is 2. The Kier molecular flexibility index (Phi) is 6.90. The van der Waals surface area contributed by atoms with Crippen molar-refractivity contribution < 1.29 is 29.2 Å². The van der Waals surface area contributed by atoms with Crippen LogP contribution in [0.5, 0.6) is 0 Å². The Morgan fingerprint density at radius 2 is 1.88 bits per heavy atom. The van der Waals surface area contributed by atoms with E-state index in [4.69, 9.17) is 18.9 Å². The fourth-order valence-electron chi connectivity index (χ4n) is 3.84. The zero-order chi connectivity index (χ0) is 18.7. The van der Waals surface area contributed by atoms with Gasteiger partial charge in [0.1, 0.15) is 24.4 Å². The van der Waals surface area contributed by atoms with E-state index in [0.29, 0.717) is 6.61 Å². The van der Waals surface area contributed by atoms with Crippen molar-refractivity contribution >= 4 is 0 Å². The first kappa shape index (κ1) is 20.4. The standard InChI is InChI=1S/C18H34N2O6/c1-18(2)25-16-15(14(13(22)12-21)24-17(16)26-18)23-11-5-4-6-20-9-7-19(3)8-10-20/h13-17,21-22H,4-12H2,1-3H3/t13-,14-,15+,16-,17-/m1/s1. The Balaban J connectivity index is 1.42. The molecule has 3 aliphatic heterocycles. The molecular weight excluding hydrogens is 340 g/mol. The van der Waals surface area contributed by atoms with Gasteiger partial charge in [0.15, 0.2) is 12.1 Å². The van der Waals surface area contributed by atoms with E-state index >= 15 is 0 Å². The first-order chi connectivity index (χ1) is 12.4. The summed E-state index contributed by atoms with van der Waals surface area (Å²) >= 11 is 0. The molecule has 0 radical (unpaired) electrons.